The summed E-state index contributed by atoms with van der Waals surface area (Å²) in [6, 6.07) is 62.8. The van der Waals surface area contributed by atoms with E-state index in [0.29, 0.717) is 17.5 Å². The third kappa shape index (κ3) is 5.08. The van der Waals surface area contributed by atoms with E-state index in [1.54, 1.807) is 0 Å². The van der Waals surface area contributed by atoms with E-state index in [9.17, 15) is 0 Å². The fraction of sp³-hybridized carbons (Fsp3) is 0. The number of nitrogens with zero attached hydrogens (tertiary/aromatic N) is 4. The van der Waals surface area contributed by atoms with E-state index in [2.05, 4.69) is 126 Å². The van der Waals surface area contributed by atoms with Crippen molar-refractivity contribution in [3.8, 4) is 51.0 Å². The minimum atomic E-state index is 0.562. The molecule has 0 bridgehead atoms. The molecule has 12 rings (SSSR count). The molecule has 0 aliphatic heterocycles. The molecule has 0 radical (unpaired) electrons. The second-order valence-corrected chi connectivity index (χ2v) is 14.4. The van der Waals surface area contributed by atoms with Gasteiger partial charge < -0.3 is 13.4 Å². The predicted octanol–water partition coefficient (Wildman–Crippen LogP) is 13.4. The Morgan fingerprint density at radius 3 is 1.58 bits per heavy atom. The molecule has 6 nitrogen and oxygen atoms in total. The Balaban J connectivity index is 1.01. The van der Waals surface area contributed by atoms with Crippen LogP contribution in [0.25, 0.3) is 117 Å². The molecule has 0 aliphatic carbocycles. The van der Waals surface area contributed by atoms with Crippen molar-refractivity contribution in [2.24, 2.45) is 0 Å². The number of benzene rings is 8. The maximum Gasteiger partial charge on any atom is 0.164 e. The average Bonchev–Trinajstić information content (AvgIpc) is 3.94. The maximum atomic E-state index is 6.71. The van der Waals surface area contributed by atoms with Crippen LogP contribution in [0.15, 0.2) is 191 Å². The summed E-state index contributed by atoms with van der Waals surface area (Å²) in [6.07, 6.45) is 0. The van der Waals surface area contributed by atoms with E-state index in [1.165, 1.54) is 21.9 Å². The van der Waals surface area contributed by atoms with Crippen LogP contribution in [0.4, 0.5) is 0 Å². The van der Waals surface area contributed by atoms with Gasteiger partial charge in [-0.15, -0.1) is 0 Å². The molecule has 0 saturated heterocycles. The van der Waals surface area contributed by atoms with Gasteiger partial charge in [-0.05, 0) is 65.7 Å². The molecule has 12 aromatic rings. The van der Waals surface area contributed by atoms with Crippen LogP contribution >= 0.6 is 0 Å². The number of hydrogen-bond donors (Lipinski definition) is 0. The Hall–Kier alpha value is -7.83. The summed E-state index contributed by atoms with van der Waals surface area (Å²) >= 11 is 0. The molecular formula is C51H30N4O2. The van der Waals surface area contributed by atoms with Gasteiger partial charge in [0.15, 0.2) is 17.5 Å². The summed E-state index contributed by atoms with van der Waals surface area (Å²) in [5.74, 6) is 1.72. The highest BCUT2D eigenvalue weighted by atomic mass is 16.3. The maximum absolute atomic E-state index is 6.71. The van der Waals surface area contributed by atoms with Crippen molar-refractivity contribution in [2.45, 2.75) is 0 Å². The smallest absolute Gasteiger partial charge is 0.164 e. The van der Waals surface area contributed by atoms with Crippen LogP contribution in [-0.4, -0.2) is 19.5 Å². The van der Waals surface area contributed by atoms with Crippen LogP contribution in [-0.2, 0) is 0 Å². The van der Waals surface area contributed by atoms with E-state index in [0.717, 1.165) is 77.3 Å². The third-order valence-electron chi connectivity index (χ3n) is 11.0. The fourth-order valence-corrected chi connectivity index (χ4v) is 8.33. The summed E-state index contributed by atoms with van der Waals surface area (Å²) < 4.78 is 15.3. The zero-order valence-electron chi connectivity index (χ0n) is 30.4. The van der Waals surface area contributed by atoms with Gasteiger partial charge in [0.25, 0.3) is 0 Å². The minimum Gasteiger partial charge on any atom is -0.456 e. The summed E-state index contributed by atoms with van der Waals surface area (Å²) in [5.41, 5.74) is 11.5. The highest BCUT2D eigenvalue weighted by molar-refractivity contribution is 6.17. The van der Waals surface area contributed by atoms with E-state index in [-0.39, 0.29) is 0 Å². The zero-order valence-corrected chi connectivity index (χ0v) is 30.4. The summed E-state index contributed by atoms with van der Waals surface area (Å²) in [5, 5.41) is 6.60. The number of para-hydroxylation sites is 2. The highest BCUT2D eigenvalue weighted by Gasteiger charge is 2.19. The average molecular weight is 731 g/mol. The summed E-state index contributed by atoms with van der Waals surface area (Å²) in [7, 11) is 0. The van der Waals surface area contributed by atoms with Crippen LogP contribution in [0.1, 0.15) is 0 Å². The van der Waals surface area contributed by atoms with Crippen molar-refractivity contribution in [1.82, 2.24) is 19.5 Å². The van der Waals surface area contributed by atoms with Crippen molar-refractivity contribution >= 4 is 65.7 Å². The molecule has 8 aromatic carbocycles. The van der Waals surface area contributed by atoms with Crippen LogP contribution < -0.4 is 0 Å². The predicted molar refractivity (Wildman–Crippen MR) is 230 cm³/mol. The molecule has 0 saturated carbocycles. The Bertz CT molecular complexity index is 3530. The van der Waals surface area contributed by atoms with E-state index < -0.39 is 0 Å². The molecule has 6 heteroatoms. The Kier molecular flexibility index (Phi) is 6.83. The number of aromatic nitrogens is 4. The second kappa shape index (κ2) is 12.3. The van der Waals surface area contributed by atoms with Gasteiger partial charge in [-0.25, -0.2) is 15.0 Å². The SMILES string of the molecule is c1ccc(-c2cccc(-n3c4ccccc4c4cc5c(cc43)oc3cc(-c4nc(-c6ccccc6)nc(-c6ccc7c(c6)oc6ccccc67)n4)ccc35)c2)cc1. The van der Waals surface area contributed by atoms with Gasteiger partial charge >= 0.3 is 0 Å². The molecule has 0 unspecified atom stereocenters. The lowest BCUT2D eigenvalue weighted by molar-refractivity contribution is 0.669. The monoisotopic (exact) mass is 730 g/mol. The quantitative estimate of drug-likeness (QED) is 0.176. The molecule has 57 heavy (non-hydrogen) atoms. The molecule has 0 spiro atoms. The number of furan rings is 2. The molecule has 4 heterocycles. The Morgan fingerprint density at radius 1 is 0.298 bits per heavy atom. The first-order valence-electron chi connectivity index (χ1n) is 19.0. The molecule has 0 amide bonds. The van der Waals surface area contributed by atoms with E-state index >= 15 is 0 Å². The standard InChI is InChI=1S/C51H30N4O2/c1-3-12-31(13-4-1)33-16-11-17-36(26-33)55-43-20-9-7-18-37(43)41-29-42-40-25-23-35(28-47(40)57-48(42)30-44(41)55)51-53-49(32-14-5-2-6-15-32)52-50(54-51)34-22-24-39-38-19-8-10-21-45(38)56-46(39)27-34/h1-30H. The van der Waals surface area contributed by atoms with Gasteiger partial charge in [0, 0.05) is 60.8 Å². The normalized spacial score (nSPS) is 11.9. The third-order valence-corrected chi connectivity index (χ3v) is 11.0. The number of hydrogen-bond acceptors (Lipinski definition) is 5. The van der Waals surface area contributed by atoms with E-state index in [1.807, 2.05) is 60.7 Å². The lowest BCUT2D eigenvalue weighted by Gasteiger charge is -2.10. The fourth-order valence-electron chi connectivity index (χ4n) is 8.33. The molecule has 0 fully saturated rings. The van der Waals surface area contributed by atoms with Gasteiger partial charge in [-0.2, -0.15) is 0 Å². The minimum absolute atomic E-state index is 0.562. The van der Waals surface area contributed by atoms with Crippen LogP contribution in [0.3, 0.4) is 0 Å². The zero-order chi connectivity index (χ0) is 37.5. The number of rotatable bonds is 5. The summed E-state index contributed by atoms with van der Waals surface area (Å²) in [6.45, 7) is 0. The molecular weight excluding hydrogens is 701 g/mol. The van der Waals surface area contributed by atoms with E-state index in [4.69, 9.17) is 23.8 Å². The molecule has 266 valence electrons. The van der Waals surface area contributed by atoms with Crippen LogP contribution in [0.5, 0.6) is 0 Å². The Labute approximate surface area is 325 Å². The van der Waals surface area contributed by atoms with Gasteiger partial charge in [-0.3, -0.25) is 0 Å². The van der Waals surface area contributed by atoms with Crippen LogP contribution in [0.2, 0.25) is 0 Å². The summed E-state index contributed by atoms with van der Waals surface area (Å²) in [4.78, 5) is 15.0. The van der Waals surface area contributed by atoms with Crippen LogP contribution in [0, 0.1) is 0 Å². The van der Waals surface area contributed by atoms with Gasteiger partial charge in [0.2, 0.25) is 0 Å². The lowest BCUT2D eigenvalue weighted by Crippen LogP contribution is -2.00. The largest absolute Gasteiger partial charge is 0.456 e. The lowest BCUT2D eigenvalue weighted by atomic mass is 10.1. The molecule has 0 N–H and O–H groups in total. The topological polar surface area (TPSA) is 69.9 Å². The highest BCUT2D eigenvalue weighted by Crippen LogP contribution is 2.40. The van der Waals surface area contributed by atoms with Crippen molar-refractivity contribution in [1.29, 1.82) is 0 Å². The van der Waals surface area contributed by atoms with Crippen molar-refractivity contribution in [3.05, 3.63) is 182 Å². The Morgan fingerprint density at radius 2 is 0.842 bits per heavy atom. The first kappa shape index (κ1) is 31.5. The first-order valence-corrected chi connectivity index (χ1v) is 19.0. The van der Waals surface area contributed by atoms with Crippen molar-refractivity contribution < 1.29 is 8.83 Å². The van der Waals surface area contributed by atoms with Crippen molar-refractivity contribution in [2.75, 3.05) is 0 Å². The molecule has 0 atom stereocenters. The van der Waals surface area contributed by atoms with Gasteiger partial charge in [-0.1, -0.05) is 121 Å². The van der Waals surface area contributed by atoms with Gasteiger partial charge in [0.1, 0.15) is 22.3 Å². The van der Waals surface area contributed by atoms with Gasteiger partial charge in [0.05, 0.1) is 11.0 Å². The molecule has 0 aliphatic rings. The number of fused-ring (bicyclic) bond motifs is 9. The second-order valence-electron chi connectivity index (χ2n) is 14.4. The molecule has 4 aromatic heterocycles. The first-order chi connectivity index (χ1) is 28.2. The van der Waals surface area contributed by atoms with Crippen molar-refractivity contribution in [3.63, 3.8) is 0 Å².